The Balaban J connectivity index is 1.90. The quantitative estimate of drug-likeness (QED) is 0.697. The van der Waals surface area contributed by atoms with Gasteiger partial charge in [0.25, 0.3) is 0 Å². The van der Waals surface area contributed by atoms with Gasteiger partial charge in [0, 0.05) is 11.9 Å². The van der Waals surface area contributed by atoms with Crippen molar-refractivity contribution in [3.63, 3.8) is 0 Å². The van der Waals surface area contributed by atoms with E-state index < -0.39 is 0 Å². The Labute approximate surface area is 90.2 Å². The van der Waals surface area contributed by atoms with Gasteiger partial charge in [-0.25, -0.2) is 4.98 Å². The molecule has 0 spiro atoms. The van der Waals surface area contributed by atoms with Crippen molar-refractivity contribution in [1.29, 1.82) is 0 Å². The van der Waals surface area contributed by atoms with E-state index >= 15 is 0 Å². The van der Waals surface area contributed by atoms with Gasteiger partial charge in [0.15, 0.2) is 0 Å². The van der Waals surface area contributed by atoms with E-state index in [-0.39, 0.29) is 0 Å². The Hall–Kier alpha value is -0.450. The van der Waals surface area contributed by atoms with Gasteiger partial charge in [-0.05, 0) is 40.0 Å². The molecule has 1 heterocycles. The van der Waals surface area contributed by atoms with Crippen LogP contribution in [-0.2, 0) is 6.54 Å². The van der Waals surface area contributed by atoms with Crippen LogP contribution in [0.3, 0.4) is 0 Å². The number of unbranched alkanes of at least 4 members (excludes halogenated alkanes) is 1. The number of hydrogen-bond donors (Lipinski definition) is 1. The number of nitrogens with one attached hydrogen (secondary N) is 1. The van der Waals surface area contributed by atoms with E-state index in [1.165, 1.54) is 19.4 Å². The Morgan fingerprint density at radius 1 is 1.43 bits per heavy atom. The van der Waals surface area contributed by atoms with Gasteiger partial charge in [-0.2, -0.15) is 0 Å². The van der Waals surface area contributed by atoms with Crippen LogP contribution in [0.4, 0.5) is 0 Å². The van der Waals surface area contributed by atoms with Crippen LogP contribution in [0.25, 0.3) is 0 Å². The molecule has 0 aromatic carbocycles. The highest BCUT2D eigenvalue weighted by Crippen LogP contribution is 1.99. The molecule has 0 radical (unpaired) electrons. The Kier molecular flexibility index (Phi) is 5.75. The number of thiazole rings is 1. The normalized spacial score (nSPS) is 11.1. The van der Waals surface area contributed by atoms with Gasteiger partial charge in [-0.15, -0.1) is 11.3 Å². The molecule has 0 aliphatic heterocycles. The van der Waals surface area contributed by atoms with Crippen LogP contribution in [0, 0.1) is 0 Å². The molecule has 0 saturated heterocycles. The molecule has 0 atom stereocenters. The summed E-state index contributed by atoms with van der Waals surface area (Å²) in [5, 5.41) is 5.48. The first-order valence-electron chi connectivity index (χ1n) is 5.01. The third-order valence-corrected chi connectivity index (χ3v) is 2.63. The fourth-order valence-electron chi connectivity index (χ4n) is 1.22. The molecular formula is C10H19N3S. The fourth-order valence-corrected chi connectivity index (χ4v) is 1.78. The topological polar surface area (TPSA) is 28.2 Å². The van der Waals surface area contributed by atoms with Crippen LogP contribution in [0.2, 0.25) is 0 Å². The number of hydrogen-bond acceptors (Lipinski definition) is 4. The van der Waals surface area contributed by atoms with E-state index in [0.29, 0.717) is 0 Å². The van der Waals surface area contributed by atoms with E-state index in [9.17, 15) is 0 Å². The summed E-state index contributed by atoms with van der Waals surface area (Å²) in [5.41, 5.74) is 3.03. The summed E-state index contributed by atoms with van der Waals surface area (Å²) in [7, 11) is 4.23. The molecule has 4 heteroatoms. The highest BCUT2D eigenvalue weighted by molar-refractivity contribution is 7.07. The van der Waals surface area contributed by atoms with Crippen molar-refractivity contribution in [1.82, 2.24) is 15.2 Å². The minimum atomic E-state index is 0.908. The smallest absolute Gasteiger partial charge is 0.0795 e. The predicted octanol–water partition coefficient (Wildman–Crippen LogP) is 1.57. The van der Waals surface area contributed by atoms with Gasteiger partial charge < -0.3 is 10.2 Å². The Morgan fingerprint density at radius 2 is 2.29 bits per heavy atom. The lowest BCUT2D eigenvalue weighted by molar-refractivity contribution is 0.391. The van der Waals surface area contributed by atoms with Crippen LogP contribution in [-0.4, -0.2) is 37.1 Å². The van der Waals surface area contributed by atoms with Crippen LogP contribution < -0.4 is 5.32 Å². The molecule has 1 aromatic heterocycles. The largest absolute Gasteiger partial charge is 0.311 e. The average molecular weight is 213 g/mol. The molecule has 80 valence electrons. The summed E-state index contributed by atoms with van der Waals surface area (Å²) >= 11 is 1.65. The SMILES string of the molecule is CN(C)CCCCNCc1cscn1. The van der Waals surface area contributed by atoms with Crippen LogP contribution in [0.5, 0.6) is 0 Å². The first-order chi connectivity index (χ1) is 6.79. The summed E-state index contributed by atoms with van der Waals surface area (Å²) in [6, 6.07) is 0. The molecule has 1 aromatic rings. The van der Waals surface area contributed by atoms with E-state index in [1.807, 2.05) is 5.51 Å². The van der Waals surface area contributed by atoms with E-state index in [0.717, 1.165) is 18.8 Å². The zero-order valence-corrected chi connectivity index (χ0v) is 9.81. The molecule has 0 aliphatic rings. The van der Waals surface area contributed by atoms with Crippen LogP contribution in [0.15, 0.2) is 10.9 Å². The highest BCUT2D eigenvalue weighted by atomic mass is 32.1. The Bertz CT molecular complexity index is 221. The first-order valence-corrected chi connectivity index (χ1v) is 5.96. The minimum absolute atomic E-state index is 0.908. The van der Waals surface area contributed by atoms with Gasteiger partial charge in [0.05, 0.1) is 11.2 Å². The second-order valence-corrected chi connectivity index (χ2v) is 4.39. The van der Waals surface area contributed by atoms with Crippen molar-refractivity contribution in [3.8, 4) is 0 Å². The molecule has 0 saturated carbocycles. The minimum Gasteiger partial charge on any atom is -0.311 e. The zero-order valence-electron chi connectivity index (χ0n) is 8.99. The zero-order chi connectivity index (χ0) is 10.2. The summed E-state index contributed by atoms with van der Waals surface area (Å²) in [4.78, 5) is 6.43. The lowest BCUT2D eigenvalue weighted by Gasteiger charge is -2.08. The number of rotatable bonds is 7. The van der Waals surface area contributed by atoms with E-state index in [1.54, 1.807) is 11.3 Å². The molecule has 0 amide bonds. The third-order valence-electron chi connectivity index (χ3n) is 2.00. The lowest BCUT2D eigenvalue weighted by atomic mass is 10.3. The van der Waals surface area contributed by atoms with Gasteiger partial charge >= 0.3 is 0 Å². The van der Waals surface area contributed by atoms with Crippen molar-refractivity contribution >= 4 is 11.3 Å². The lowest BCUT2D eigenvalue weighted by Crippen LogP contribution is -2.18. The summed E-state index contributed by atoms with van der Waals surface area (Å²) in [6.07, 6.45) is 2.50. The van der Waals surface area contributed by atoms with Crippen LogP contribution >= 0.6 is 11.3 Å². The molecule has 14 heavy (non-hydrogen) atoms. The Morgan fingerprint density at radius 3 is 2.93 bits per heavy atom. The van der Waals surface area contributed by atoms with Gasteiger partial charge in [-0.3, -0.25) is 0 Å². The van der Waals surface area contributed by atoms with E-state index in [4.69, 9.17) is 0 Å². The van der Waals surface area contributed by atoms with Crippen molar-refractivity contribution in [2.45, 2.75) is 19.4 Å². The molecule has 0 unspecified atom stereocenters. The molecule has 0 bridgehead atoms. The summed E-state index contributed by atoms with van der Waals surface area (Å²) < 4.78 is 0. The van der Waals surface area contributed by atoms with Gasteiger partial charge in [0.1, 0.15) is 0 Å². The predicted molar refractivity (Wildman–Crippen MR) is 61.6 cm³/mol. The van der Waals surface area contributed by atoms with Gasteiger partial charge in [-0.1, -0.05) is 0 Å². The summed E-state index contributed by atoms with van der Waals surface area (Å²) in [6.45, 7) is 3.18. The van der Waals surface area contributed by atoms with E-state index in [2.05, 4.69) is 34.7 Å². The number of aromatic nitrogens is 1. The van der Waals surface area contributed by atoms with Crippen molar-refractivity contribution in [3.05, 3.63) is 16.6 Å². The second-order valence-electron chi connectivity index (χ2n) is 3.67. The monoisotopic (exact) mass is 213 g/mol. The molecule has 0 fully saturated rings. The first kappa shape index (κ1) is 11.6. The highest BCUT2D eigenvalue weighted by Gasteiger charge is 1.94. The average Bonchev–Trinajstić information content (AvgIpc) is 2.63. The molecule has 1 N–H and O–H groups in total. The van der Waals surface area contributed by atoms with Gasteiger partial charge in [0.2, 0.25) is 0 Å². The maximum absolute atomic E-state index is 4.21. The maximum atomic E-state index is 4.21. The number of nitrogens with zero attached hydrogens (tertiary/aromatic N) is 2. The van der Waals surface area contributed by atoms with Crippen molar-refractivity contribution < 1.29 is 0 Å². The molecule has 1 rings (SSSR count). The molecule has 3 nitrogen and oxygen atoms in total. The second kappa shape index (κ2) is 6.92. The van der Waals surface area contributed by atoms with Crippen molar-refractivity contribution in [2.24, 2.45) is 0 Å². The van der Waals surface area contributed by atoms with Crippen molar-refractivity contribution in [2.75, 3.05) is 27.2 Å². The fraction of sp³-hybridized carbons (Fsp3) is 0.700. The molecular weight excluding hydrogens is 194 g/mol. The van der Waals surface area contributed by atoms with Crippen LogP contribution in [0.1, 0.15) is 18.5 Å². The maximum Gasteiger partial charge on any atom is 0.0795 e. The standard InChI is InChI=1S/C10H19N3S/c1-13(2)6-4-3-5-11-7-10-8-14-9-12-10/h8-9,11H,3-7H2,1-2H3. The summed E-state index contributed by atoms with van der Waals surface area (Å²) in [5.74, 6) is 0. The molecule has 0 aliphatic carbocycles. The third kappa shape index (κ3) is 5.32.